The van der Waals surface area contributed by atoms with Crippen molar-refractivity contribution in [3.8, 4) is 0 Å². The zero-order chi connectivity index (χ0) is 24.1. The zero-order valence-electron chi connectivity index (χ0n) is 19.5. The fourth-order valence-corrected chi connectivity index (χ4v) is 5.25. The molecule has 2 heterocycles. The standard InChI is InChI=1S/C26H28ClN3O3/c1-6-29-22-10-15(2)17(11-20(22)16(3)14-26(29,4)5)12-21-23(31)28-25(33)30(24(21)32)19-9-7-8-18(27)13-19/h7-13,16H,6,14H2,1-5H3,(H,28,31,33)/b21-12+/t16-/m0/s1. The highest BCUT2D eigenvalue weighted by Crippen LogP contribution is 2.44. The van der Waals surface area contributed by atoms with Crippen LogP contribution < -0.4 is 15.1 Å². The second kappa shape index (κ2) is 8.34. The van der Waals surface area contributed by atoms with Crippen LogP contribution in [0.15, 0.2) is 42.0 Å². The fraction of sp³-hybridized carbons (Fsp3) is 0.346. The van der Waals surface area contributed by atoms with Gasteiger partial charge in [0.15, 0.2) is 0 Å². The number of carbonyl (C=O) groups excluding carboxylic acids is 3. The van der Waals surface area contributed by atoms with Crippen LogP contribution in [0.1, 0.15) is 56.7 Å². The summed E-state index contributed by atoms with van der Waals surface area (Å²) < 4.78 is 0. The Morgan fingerprint density at radius 3 is 2.58 bits per heavy atom. The SMILES string of the molecule is CCN1c2cc(C)c(/C=C3\C(=O)NC(=O)N(c4cccc(Cl)c4)C3=O)cc2[C@@H](C)CC1(C)C. The summed E-state index contributed by atoms with van der Waals surface area (Å²) in [6.07, 6.45) is 2.59. The third-order valence-electron chi connectivity index (χ3n) is 6.56. The average molecular weight is 466 g/mol. The summed E-state index contributed by atoms with van der Waals surface area (Å²) in [6.45, 7) is 11.7. The van der Waals surface area contributed by atoms with Crippen molar-refractivity contribution in [1.29, 1.82) is 0 Å². The zero-order valence-corrected chi connectivity index (χ0v) is 20.3. The Bertz CT molecular complexity index is 1200. The number of amides is 4. The van der Waals surface area contributed by atoms with Gasteiger partial charge in [-0.3, -0.25) is 14.9 Å². The van der Waals surface area contributed by atoms with Crippen LogP contribution >= 0.6 is 11.6 Å². The molecule has 0 bridgehead atoms. The van der Waals surface area contributed by atoms with E-state index in [-0.39, 0.29) is 11.1 Å². The lowest BCUT2D eigenvalue weighted by molar-refractivity contribution is -0.122. The number of hydrogen-bond donors (Lipinski definition) is 1. The van der Waals surface area contributed by atoms with Gasteiger partial charge in [0, 0.05) is 22.8 Å². The molecule has 2 aromatic rings. The van der Waals surface area contributed by atoms with Crippen molar-refractivity contribution in [3.63, 3.8) is 0 Å². The molecule has 0 spiro atoms. The molecule has 7 heteroatoms. The van der Waals surface area contributed by atoms with E-state index in [1.54, 1.807) is 24.3 Å². The minimum Gasteiger partial charge on any atom is -0.366 e. The van der Waals surface area contributed by atoms with E-state index >= 15 is 0 Å². The molecule has 2 aliphatic rings. The van der Waals surface area contributed by atoms with Crippen LogP contribution in [0.25, 0.3) is 6.08 Å². The fourth-order valence-electron chi connectivity index (χ4n) is 5.07. The number of aryl methyl sites for hydroxylation is 1. The number of carbonyl (C=O) groups is 3. The first kappa shape index (κ1) is 23.1. The van der Waals surface area contributed by atoms with Gasteiger partial charge in [-0.25, -0.2) is 9.69 Å². The predicted molar refractivity (Wildman–Crippen MR) is 132 cm³/mol. The molecule has 4 amide bonds. The van der Waals surface area contributed by atoms with Crippen LogP contribution in [0.2, 0.25) is 5.02 Å². The van der Waals surface area contributed by atoms with Crippen molar-refractivity contribution in [2.75, 3.05) is 16.3 Å². The summed E-state index contributed by atoms with van der Waals surface area (Å²) >= 11 is 6.04. The molecule has 0 unspecified atom stereocenters. The summed E-state index contributed by atoms with van der Waals surface area (Å²) in [4.78, 5) is 41.7. The largest absolute Gasteiger partial charge is 0.366 e. The van der Waals surface area contributed by atoms with E-state index in [2.05, 4.69) is 50.0 Å². The lowest BCUT2D eigenvalue weighted by atomic mass is 9.79. The Morgan fingerprint density at radius 1 is 1.18 bits per heavy atom. The molecule has 1 N–H and O–H groups in total. The molecule has 2 aromatic carbocycles. The number of imide groups is 2. The monoisotopic (exact) mass is 465 g/mol. The normalized spacial score (nSPS) is 21.3. The van der Waals surface area contributed by atoms with E-state index in [0.29, 0.717) is 16.6 Å². The Morgan fingerprint density at radius 2 is 1.91 bits per heavy atom. The highest BCUT2D eigenvalue weighted by atomic mass is 35.5. The second-order valence-corrected chi connectivity index (χ2v) is 9.80. The number of barbiturate groups is 1. The summed E-state index contributed by atoms with van der Waals surface area (Å²) in [5.74, 6) is -1.05. The molecule has 0 radical (unpaired) electrons. The van der Waals surface area contributed by atoms with Crippen molar-refractivity contribution < 1.29 is 14.4 Å². The number of rotatable bonds is 3. The highest BCUT2D eigenvalue weighted by molar-refractivity contribution is 6.39. The third-order valence-corrected chi connectivity index (χ3v) is 6.79. The third kappa shape index (κ3) is 4.04. The summed E-state index contributed by atoms with van der Waals surface area (Å²) in [6, 6.07) is 9.82. The minimum absolute atomic E-state index is 0.0463. The molecule has 0 aromatic heterocycles. The first-order valence-electron chi connectivity index (χ1n) is 11.1. The molecule has 172 valence electrons. The molecule has 1 atom stereocenters. The minimum atomic E-state index is -0.791. The van der Waals surface area contributed by atoms with Crippen molar-refractivity contribution in [2.45, 2.75) is 52.5 Å². The number of nitrogens with zero attached hydrogens (tertiary/aromatic N) is 2. The van der Waals surface area contributed by atoms with Crippen LogP contribution in [0.5, 0.6) is 0 Å². The Labute approximate surface area is 199 Å². The second-order valence-electron chi connectivity index (χ2n) is 9.37. The lowest BCUT2D eigenvalue weighted by Crippen LogP contribution is -2.54. The first-order chi connectivity index (χ1) is 15.5. The maximum atomic E-state index is 13.2. The van der Waals surface area contributed by atoms with E-state index in [4.69, 9.17) is 11.6 Å². The van der Waals surface area contributed by atoms with Gasteiger partial charge in [0.1, 0.15) is 5.57 Å². The predicted octanol–water partition coefficient (Wildman–Crippen LogP) is 5.43. The van der Waals surface area contributed by atoms with Gasteiger partial charge >= 0.3 is 6.03 Å². The van der Waals surface area contributed by atoms with Gasteiger partial charge in [-0.15, -0.1) is 0 Å². The van der Waals surface area contributed by atoms with E-state index < -0.39 is 17.8 Å². The number of nitrogens with one attached hydrogen (secondary N) is 1. The van der Waals surface area contributed by atoms with Crippen LogP contribution in [0.3, 0.4) is 0 Å². The molecule has 1 fully saturated rings. The number of hydrogen-bond acceptors (Lipinski definition) is 4. The first-order valence-corrected chi connectivity index (χ1v) is 11.5. The molecule has 6 nitrogen and oxygen atoms in total. The molecule has 4 rings (SSSR count). The Balaban J connectivity index is 1.78. The molecule has 0 aliphatic carbocycles. The van der Waals surface area contributed by atoms with Gasteiger partial charge in [-0.05, 0) is 93.1 Å². The molecular weight excluding hydrogens is 438 g/mol. The quantitative estimate of drug-likeness (QED) is 0.485. The van der Waals surface area contributed by atoms with Crippen molar-refractivity contribution >= 4 is 46.9 Å². The van der Waals surface area contributed by atoms with E-state index in [1.165, 1.54) is 17.3 Å². The Kier molecular flexibility index (Phi) is 5.83. The van der Waals surface area contributed by atoms with E-state index in [9.17, 15) is 14.4 Å². The molecule has 33 heavy (non-hydrogen) atoms. The van der Waals surface area contributed by atoms with Gasteiger partial charge in [0.05, 0.1) is 5.69 Å². The molecule has 2 aliphatic heterocycles. The van der Waals surface area contributed by atoms with Crippen molar-refractivity contribution in [2.24, 2.45) is 0 Å². The van der Waals surface area contributed by atoms with Crippen LogP contribution in [-0.4, -0.2) is 29.9 Å². The number of benzene rings is 2. The van der Waals surface area contributed by atoms with Crippen molar-refractivity contribution in [1.82, 2.24) is 5.32 Å². The van der Waals surface area contributed by atoms with Gasteiger partial charge in [0.2, 0.25) is 0 Å². The van der Waals surface area contributed by atoms with Crippen LogP contribution in [0.4, 0.5) is 16.2 Å². The topological polar surface area (TPSA) is 69.7 Å². The summed E-state index contributed by atoms with van der Waals surface area (Å²) in [7, 11) is 0. The Hall–Kier alpha value is -3.12. The summed E-state index contributed by atoms with van der Waals surface area (Å²) in [5.41, 5.74) is 4.39. The van der Waals surface area contributed by atoms with E-state index in [1.807, 2.05) is 6.92 Å². The maximum Gasteiger partial charge on any atom is 0.335 e. The van der Waals surface area contributed by atoms with Gasteiger partial charge < -0.3 is 4.90 Å². The van der Waals surface area contributed by atoms with Gasteiger partial charge in [0.25, 0.3) is 11.8 Å². The number of halogens is 1. The number of fused-ring (bicyclic) bond motifs is 1. The van der Waals surface area contributed by atoms with Gasteiger partial charge in [-0.2, -0.15) is 0 Å². The van der Waals surface area contributed by atoms with Crippen molar-refractivity contribution in [3.05, 3.63) is 63.7 Å². The average Bonchev–Trinajstić information content (AvgIpc) is 2.71. The van der Waals surface area contributed by atoms with E-state index in [0.717, 1.165) is 29.0 Å². The highest BCUT2D eigenvalue weighted by Gasteiger charge is 2.38. The van der Waals surface area contributed by atoms with Crippen LogP contribution in [-0.2, 0) is 9.59 Å². The molecular formula is C26H28ClN3O3. The number of anilines is 2. The van der Waals surface area contributed by atoms with Crippen LogP contribution in [0, 0.1) is 6.92 Å². The molecule has 1 saturated heterocycles. The summed E-state index contributed by atoms with van der Waals surface area (Å²) in [5, 5.41) is 2.66. The lowest BCUT2D eigenvalue weighted by Gasteiger charge is -2.47. The maximum absolute atomic E-state index is 13.2. The number of urea groups is 1. The molecule has 0 saturated carbocycles. The smallest absolute Gasteiger partial charge is 0.335 e. The van der Waals surface area contributed by atoms with Gasteiger partial charge in [-0.1, -0.05) is 24.6 Å².